The molecule has 0 aromatic heterocycles. The Morgan fingerprint density at radius 3 is 0.763 bits per heavy atom. The molecule has 0 saturated heterocycles. The van der Waals surface area contributed by atoms with E-state index < -0.39 is 5.41 Å². The van der Waals surface area contributed by atoms with E-state index in [2.05, 4.69) is 158 Å². The third kappa shape index (κ3) is 3.35. The molecule has 0 aliphatic carbocycles. The lowest BCUT2D eigenvalue weighted by Gasteiger charge is -2.53. The lowest BCUT2D eigenvalue weighted by molar-refractivity contribution is 0.761. The Morgan fingerprint density at radius 2 is 0.492 bits per heavy atom. The monoisotopic (exact) mass is 744 g/mol. The first-order valence-corrected chi connectivity index (χ1v) is 21.8. The first-order chi connectivity index (χ1) is 29.3. The highest BCUT2D eigenvalue weighted by atomic mass is 14.5. The van der Waals surface area contributed by atoms with Crippen LogP contribution in [0.4, 0.5) is 0 Å². The van der Waals surface area contributed by atoms with E-state index in [0.29, 0.717) is 0 Å². The van der Waals surface area contributed by atoms with Crippen molar-refractivity contribution in [3.05, 3.63) is 180 Å². The summed E-state index contributed by atoms with van der Waals surface area (Å²) in [6.45, 7) is 8.34. The zero-order chi connectivity index (χ0) is 39.1. The first kappa shape index (κ1) is 32.3. The van der Waals surface area contributed by atoms with Crippen molar-refractivity contribution in [1.29, 1.82) is 0 Å². The van der Waals surface area contributed by atoms with Crippen LogP contribution >= 0.6 is 0 Å². The van der Waals surface area contributed by atoms with Crippen molar-refractivity contribution in [3.8, 4) is 44.5 Å². The molecule has 0 nitrogen and oxygen atoms in total. The fourth-order valence-corrected chi connectivity index (χ4v) is 13.5. The van der Waals surface area contributed by atoms with Crippen LogP contribution in [-0.2, 0) is 5.41 Å². The lowest BCUT2D eigenvalue weighted by Crippen LogP contribution is -2.70. The van der Waals surface area contributed by atoms with Gasteiger partial charge in [0.05, 0.1) is 5.41 Å². The van der Waals surface area contributed by atoms with Crippen molar-refractivity contribution in [2.75, 3.05) is 0 Å². The third-order valence-electron chi connectivity index (χ3n) is 15.1. The van der Waals surface area contributed by atoms with Gasteiger partial charge < -0.3 is 0 Å². The molecular formula is C57H38B2. The average molecular weight is 745 g/mol. The van der Waals surface area contributed by atoms with Crippen LogP contribution in [0.2, 0.25) is 0 Å². The number of fused-ring (bicyclic) bond motifs is 8. The van der Waals surface area contributed by atoms with Crippen LogP contribution in [0, 0.1) is 0 Å². The van der Waals surface area contributed by atoms with Gasteiger partial charge in [-0.15, -0.1) is 0 Å². The Labute approximate surface area is 345 Å². The molecule has 0 bridgehead atoms. The van der Waals surface area contributed by atoms with Gasteiger partial charge in [-0.1, -0.05) is 218 Å². The minimum atomic E-state index is -0.513. The maximum absolute atomic E-state index is 2.56. The lowest BCUT2D eigenvalue weighted by atomic mass is 9.22. The second kappa shape index (κ2) is 10.9. The molecular weight excluding hydrogens is 706 g/mol. The van der Waals surface area contributed by atoms with Crippen molar-refractivity contribution in [2.45, 2.75) is 33.1 Å². The smallest absolute Gasteiger partial charge is 0.0683 e. The van der Waals surface area contributed by atoms with Crippen molar-refractivity contribution in [1.82, 2.24) is 0 Å². The molecule has 16 rings (SSSR count). The zero-order valence-electron chi connectivity index (χ0n) is 33.7. The summed E-state index contributed by atoms with van der Waals surface area (Å²) < 4.78 is 0. The van der Waals surface area contributed by atoms with E-state index in [9.17, 15) is 0 Å². The maximum Gasteiger partial charge on any atom is 0.245 e. The summed E-state index contributed by atoms with van der Waals surface area (Å²) in [7, 11) is 0. The fraction of sp³-hybridized carbons (Fsp3) is 0.0877. The van der Waals surface area contributed by atoms with Gasteiger partial charge in [-0.3, -0.25) is 0 Å². The molecule has 2 heteroatoms. The molecule has 0 atom stereocenters. The minimum Gasteiger partial charge on any atom is -0.0683 e. The van der Waals surface area contributed by atoms with Gasteiger partial charge in [-0.25, -0.2) is 0 Å². The normalized spacial score (nSPS) is 14.5. The van der Waals surface area contributed by atoms with Crippen molar-refractivity contribution < 1.29 is 0 Å². The highest BCUT2D eigenvalue weighted by molar-refractivity contribution is 7.04. The summed E-state index contributed by atoms with van der Waals surface area (Å²) in [4.78, 5) is 0. The summed E-state index contributed by atoms with van der Waals surface area (Å²) in [5.41, 5.74) is 25.5. The molecule has 0 fully saturated rings. The van der Waals surface area contributed by atoms with E-state index in [-0.39, 0.29) is 13.4 Å². The Bertz CT molecular complexity index is 3150. The Balaban J connectivity index is 0.000000842. The molecule has 0 radical (unpaired) electrons. The number of rotatable bonds is 0. The third-order valence-corrected chi connectivity index (χ3v) is 15.1. The second-order valence-corrected chi connectivity index (χ2v) is 16.9. The molecule has 6 heterocycles. The summed E-state index contributed by atoms with van der Waals surface area (Å²) in [5.74, 6) is 0. The molecule has 272 valence electrons. The van der Waals surface area contributed by atoms with Crippen LogP contribution in [0.25, 0.3) is 87.6 Å². The fourth-order valence-electron chi connectivity index (χ4n) is 13.5. The number of benzene rings is 10. The Kier molecular flexibility index (Phi) is 5.97. The van der Waals surface area contributed by atoms with E-state index in [4.69, 9.17) is 0 Å². The van der Waals surface area contributed by atoms with Crippen LogP contribution in [0.5, 0.6) is 0 Å². The van der Waals surface area contributed by atoms with Gasteiger partial charge in [0.2, 0.25) is 13.4 Å². The van der Waals surface area contributed by atoms with Crippen molar-refractivity contribution in [2.24, 2.45) is 0 Å². The molecule has 0 N–H and O–H groups in total. The summed E-state index contributed by atoms with van der Waals surface area (Å²) >= 11 is 0. The molecule has 10 aromatic rings. The molecule has 59 heavy (non-hydrogen) atoms. The molecule has 10 aromatic carbocycles. The van der Waals surface area contributed by atoms with Gasteiger partial charge in [0.15, 0.2) is 0 Å². The van der Waals surface area contributed by atoms with E-state index in [1.54, 1.807) is 0 Å². The van der Waals surface area contributed by atoms with Crippen LogP contribution in [0.3, 0.4) is 0 Å². The van der Waals surface area contributed by atoms with Gasteiger partial charge in [-0.05, 0) is 110 Å². The Morgan fingerprint density at radius 1 is 0.254 bits per heavy atom. The van der Waals surface area contributed by atoms with E-state index in [1.165, 1.54) is 143 Å². The second-order valence-electron chi connectivity index (χ2n) is 16.9. The van der Waals surface area contributed by atoms with Gasteiger partial charge in [0.1, 0.15) is 0 Å². The molecule has 0 amide bonds. The summed E-state index contributed by atoms with van der Waals surface area (Å²) in [5, 5.41) is 11.1. The topological polar surface area (TPSA) is 0 Å². The Hall–Kier alpha value is -6.63. The van der Waals surface area contributed by atoms with E-state index in [0.717, 1.165) is 0 Å². The SMILES string of the molecule is CC.CC.c1cc2c3c(c1)-c1cccc4ccc5c(c14)B3c1c(ccc3cccc-2c13)C51c2ccc3cccc4c3c2B2c3c-4cccc3-c3cccc4ccc1c2c34. The molecule has 0 saturated carbocycles. The van der Waals surface area contributed by atoms with Crippen molar-refractivity contribution >= 4 is 89.3 Å². The van der Waals surface area contributed by atoms with Crippen LogP contribution in [0.1, 0.15) is 49.9 Å². The average Bonchev–Trinajstić information content (AvgIpc) is 3.31. The maximum atomic E-state index is 2.56. The van der Waals surface area contributed by atoms with Gasteiger partial charge in [0.25, 0.3) is 0 Å². The highest BCUT2D eigenvalue weighted by Crippen LogP contribution is 2.54. The molecule has 6 aliphatic heterocycles. The van der Waals surface area contributed by atoms with Crippen LogP contribution < -0.4 is 32.8 Å². The number of hydrogen-bond acceptors (Lipinski definition) is 0. The minimum absolute atomic E-state index is 0.170. The van der Waals surface area contributed by atoms with E-state index in [1.807, 2.05) is 27.7 Å². The van der Waals surface area contributed by atoms with Gasteiger partial charge in [-0.2, -0.15) is 0 Å². The predicted molar refractivity (Wildman–Crippen MR) is 256 cm³/mol. The van der Waals surface area contributed by atoms with Crippen LogP contribution in [0.15, 0.2) is 158 Å². The standard InChI is InChI=1S/C53H26B2.2C2H6/c1-7-27-19-23-39-49-43(27)31(11-1)35-15-5-16-36-32-12-2-8-28-20-24-40(50(44(28)32)54(49)47(35)36)53(39)41-25-21-29-9-3-13-33-37-17-6-18-38-34-14-4-10-30-22-26-42(53)52(46(30)34)55(48(37)38)51(41)45(29)33;2*1-2/h1-26H;2*1-2H3. The molecule has 0 unspecified atom stereocenters. The van der Waals surface area contributed by atoms with Crippen LogP contribution in [-0.4, -0.2) is 13.4 Å². The highest BCUT2D eigenvalue weighted by Gasteiger charge is 2.58. The largest absolute Gasteiger partial charge is 0.245 e. The van der Waals surface area contributed by atoms with E-state index >= 15 is 0 Å². The zero-order valence-corrected chi connectivity index (χ0v) is 33.7. The predicted octanol–water partition coefficient (Wildman–Crippen LogP) is 10.3. The molecule has 1 spiro atoms. The number of hydrogen-bond donors (Lipinski definition) is 0. The van der Waals surface area contributed by atoms with Crippen molar-refractivity contribution in [3.63, 3.8) is 0 Å². The quantitative estimate of drug-likeness (QED) is 0.136. The summed E-state index contributed by atoms with van der Waals surface area (Å²) in [6.07, 6.45) is 0. The molecule has 6 aliphatic rings. The first-order valence-electron chi connectivity index (χ1n) is 21.8. The summed E-state index contributed by atoms with van der Waals surface area (Å²) in [6, 6.07) is 62.2. The van der Waals surface area contributed by atoms with Gasteiger partial charge >= 0.3 is 0 Å². The van der Waals surface area contributed by atoms with Gasteiger partial charge in [0, 0.05) is 0 Å².